The number of hydrogen-bond donors (Lipinski definition) is 1. The first kappa shape index (κ1) is 7.47. The van der Waals surface area contributed by atoms with Crippen molar-refractivity contribution in [2.75, 3.05) is 0 Å². The van der Waals surface area contributed by atoms with E-state index in [1.54, 1.807) is 0 Å². The molecule has 0 fully saturated rings. The lowest BCUT2D eigenvalue weighted by Crippen LogP contribution is -2.02. The van der Waals surface area contributed by atoms with Crippen molar-refractivity contribution in [3.63, 3.8) is 0 Å². The molecule has 0 saturated heterocycles. The third-order valence-corrected chi connectivity index (χ3v) is 1.86. The average Bonchev–Trinajstić information content (AvgIpc) is 2.14. The van der Waals surface area contributed by atoms with Gasteiger partial charge in [0.1, 0.15) is 4.64 Å². The molecule has 3 nitrogen and oxygen atoms in total. The second-order valence-electron chi connectivity index (χ2n) is 2.57. The number of aromatic amines is 1. The van der Waals surface area contributed by atoms with Gasteiger partial charge in [0.05, 0.1) is 5.69 Å². The SMILES string of the molecule is Cc1n[nH]n(C(C)C)c1=S. The van der Waals surface area contributed by atoms with Crippen LogP contribution >= 0.6 is 12.2 Å². The molecular weight excluding hydrogens is 146 g/mol. The minimum Gasteiger partial charge on any atom is -0.257 e. The highest BCUT2D eigenvalue weighted by molar-refractivity contribution is 7.71. The Bertz CT molecular complexity index is 271. The number of rotatable bonds is 1. The van der Waals surface area contributed by atoms with Gasteiger partial charge in [0.25, 0.3) is 0 Å². The van der Waals surface area contributed by atoms with Gasteiger partial charge in [0, 0.05) is 6.04 Å². The molecule has 0 amide bonds. The zero-order valence-electron chi connectivity index (χ0n) is 6.38. The highest BCUT2D eigenvalue weighted by atomic mass is 32.1. The molecule has 0 aromatic carbocycles. The molecule has 0 atom stereocenters. The van der Waals surface area contributed by atoms with E-state index >= 15 is 0 Å². The molecule has 0 bridgehead atoms. The second-order valence-corrected chi connectivity index (χ2v) is 2.95. The van der Waals surface area contributed by atoms with Gasteiger partial charge in [-0.05, 0) is 20.8 Å². The Balaban J connectivity index is 3.18. The van der Waals surface area contributed by atoms with Crippen molar-refractivity contribution in [3.05, 3.63) is 10.3 Å². The van der Waals surface area contributed by atoms with Crippen LogP contribution < -0.4 is 0 Å². The molecular formula is C6H11N3S. The van der Waals surface area contributed by atoms with E-state index < -0.39 is 0 Å². The lowest BCUT2D eigenvalue weighted by atomic mass is 10.4. The molecule has 0 aliphatic heterocycles. The lowest BCUT2D eigenvalue weighted by molar-refractivity contribution is 0.508. The molecule has 10 heavy (non-hydrogen) atoms. The first-order valence-corrected chi connectivity index (χ1v) is 3.67. The van der Waals surface area contributed by atoms with E-state index in [1.807, 2.05) is 11.6 Å². The monoisotopic (exact) mass is 157 g/mol. The second kappa shape index (κ2) is 2.54. The van der Waals surface area contributed by atoms with Gasteiger partial charge in [-0.2, -0.15) is 5.10 Å². The van der Waals surface area contributed by atoms with Crippen LogP contribution in [0.2, 0.25) is 0 Å². The quantitative estimate of drug-likeness (QED) is 0.631. The predicted molar refractivity (Wildman–Crippen MR) is 42.5 cm³/mol. The van der Waals surface area contributed by atoms with Gasteiger partial charge in [0.15, 0.2) is 0 Å². The minimum absolute atomic E-state index is 0.369. The zero-order chi connectivity index (χ0) is 7.72. The van der Waals surface area contributed by atoms with Gasteiger partial charge in [0.2, 0.25) is 0 Å². The molecule has 1 aromatic heterocycles. The Morgan fingerprint density at radius 3 is 2.40 bits per heavy atom. The standard InChI is InChI=1S/C6H11N3S/c1-4(2)9-6(10)5(3)7-8-9/h4,8H,1-3H3. The molecule has 4 heteroatoms. The van der Waals surface area contributed by atoms with Gasteiger partial charge < -0.3 is 0 Å². The highest BCUT2D eigenvalue weighted by Gasteiger charge is 2.01. The van der Waals surface area contributed by atoms with E-state index in [9.17, 15) is 0 Å². The third kappa shape index (κ3) is 1.11. The highest BCUT2D eigenvalue weighted by Crippen LogP contribution is 2.04. The summed E-state index contributed by atoms with van der Waals surface area (Å²) in [5.41, 5.74) is 0.892. The number of H-pyrrole nitrogens is 1. The van der Waals surface area contributed by atoms with Gasteiger partial charge in [-0.15, -0.1) is 0 Å². The van der Waals surface area contributed by atoms with E-state index in [1.165, 1.54) is 0 Å². The largest absolute Gasteiger partial charge is 0.257 e. The van der Waals surface area contributed by atoms with Crippen molar-refractivity contribution in [3.8, 4) is 0 Å². The molecule has 1 heterocycles. The van der Waals surface area contributed by atoms with Crippen molar-refractivity contribution in [2.24, 2.45) is 0 Å². The van der Waals surface area contributed by atoms with E-state index in [0.717, 1.165) is 10.3 Å². The van der Waals surface area contributed by atoms with Crippen LogP contribution in [0, 0.1) is 11.6 Å². The van der Waals surface area contributed by atoms with Crippen molar-refractivity contribution in [1.82, 2.24) is 15.0 Å². The Labute approximate surface area is 65.0 Å². The number of aryl methyl sites for hydroxylation is 1. The van der Waals surface area contributed by atoms with Crippen molar-refractivity contribution >= 4 is 12.2 Å². The molecule has 0 aliphatic rings. The zero-order valence-corrected chi connectivity index (χ0v) is 7.20. The van der Waals surface area contributed by atoms with Crippen molar-refractivity contribution < 1.29 is 0 Å². The fourth-order valence-electron chi connectivity index (χ4n) is 0.746. The Morgan fingerprint density at radius 2 is 2.20 bits per heavy atom. The average molecular weight is 157 g/mol. The summed E-state index contributed by atoms with van der Waals surface area (Å²) in [6.45, 7) is 6.03. The molecule has 0 aliphatic carbocycles. The van der Waals surface area contributed by atoms with Crippen LogP contribution in [0.1, 0.15) is 25.6 Å². The Kier molecular flexibility index (Phi) is 1.89. The van der Waals surface area contributed by atoms with E-state index in [4.69, 9.17) is 12.2 Å². The summed E-state index contributed by atoms with van der Waals surface area (Å²) in [5, 5.41) is 6.81. The lowest BCUT2D eigenvalue weighted by Gasteiger charge is -2.03. The third-order valence-electron chi connectivity index (χ3n) is 1.37. The van der Waals surface area contributed by atoms with Crippen LogP contribution in [0.3, 0.4) is 0 Å². The van der Waals surface area contributed by atoms with Gasteiger partial charge in [-0.25, -0.2) is 5.21 Å². The van der Waals surface area contributed by atoms with E-state index in [-0.39, 0.29) is 0 Å². The molecule has 1 N–H and O–H groups in total. The maximum atomic E-state index is 5.07. The van der Waals surface area contributed by atoms with Gasteiger partial charge >= 0.3 is 0 Å². The maximum Gasteiger partial charge on any atom is 0.145 e. The van der Waals surface area contributed by atoms with Crippen molar-refractivity contribution in [1.29, 1.82) is 0 Å². The summed E-state index contributed by atoms with van der Waals surface area (Å²) in [6, 6.07) is 0.369. The summed E-state index contributed by atoms with van der Waals surface area (Å²) in [4.78, 5) is 0. The van der Waals surface area contributed by atoms with Gasteiger partial charge in [-0.3, -0.25) is 4.68 Å². The van der Waals surface area contributed by atoms with Crippen LogP contribution in [-0.4, -0.2) is 15.0 Å². The number of nitrogens with zero attached hydrogens (tertiary/aromatic N) is 2. The summed E-state index contributed by atoms with van der Waals surface area (Å²) in [7, 11) is 0. The Hall–Kier alpha value is -0.640. The molecule has 0 spiro atoms. The van der Waals surface area contributed by atoms with E-state index in [2.05, 4.69) is 24.2 Å². The number of hydrogen-bond acceptors (Lipinski definition) is 2. The fraction of sp³-hybridized carbons (Fsp3) is 0.667. The molecule has 1 rings (SSSR count). The minimum atomic E-state index is 0.369. The number of nitrogens with one attached hydrogen (secondary N) is 1. The molecule has 0 radical (unpaired) electrons. The van der Waals surface area contributed by atoms with Crippen LogP contribution in [0.15, 0.2) is 0 Å². The fourth-order valence-corrected chi connectivity index (χ4v) is 1.04. The summed E-state index contributed by atoms with van der Waals surface area (Å²) < 4.78 is 2.67. The summed E-state index contributed by atoms with van der Waals surface area (Å²) in [6.07, 6.45) is 0. The van der Waals surface area contributed by atoms with Crippen LogP contribution in [0.5, 0.6) is 0 Å². The first-order valence-electron chi connectivity index (χ1n) is 3.26. The van der Waals surface area contributed by atoms with Crippen LogP contribution in [0.4, 0.5) is 0 Å². The first-order chi connectivity index (χ1) is 4.63. The van der Waals surface area contributed by atoms with Crippen molar-refractivity contribution in [2.45, 2.75) is 26.8 Å². The molecule has 0 unspecified atom stereocenters. The molecule has 0 saturated carbocycles. The topological polar surface area (TPSA) is 33.6 Å². The number of aromatic nitrogens is 3. The molecule has 1 aromatic rings. The summed E-state index contributed by atoms with van der Waals surface area (Å²) >= 11 is 5.07. The Morgan fingerprint density at radius 1 is 1.60 bits per heavy atom. The van der Waals surface area contributed by atoms with Crippen LogP contribution in [0.25, 0.3) is 0 Å². The van der Waals surface area contributed by atoms with E-state index in [0.29, 0.717) is 6.04 Å². The summed E-state index contributed by atoms with van der Waals surface area (Å²) in [5.74, 6) is 0. The smallest absolute Gasteiger partial charge is 0.145 e. The maximum absolute atomic E-state index is 5.07. The van der Waals surface area contributed by atoms with Crippen LogP contribution in [-0.2, 0) is 0 Å². The predicted octanol–water partition coefficient (Wildman–Crippen LogP) is 1.83. The molecule has 56 valence electrons. The normalized spacial score (nSPS) is 10.8. The van der Waals surface area contributed by atoms with Gasteiger partial charge in [-0.1, -0.05) is 12.2 Å².